The van der Waals surface area contributed by atoms with Crippen LogP contribution in [0.3, 0.4) is 0 Å². The second-order valence-corrected chi connectivity index (χ2v) is 3.19. The van der Waals surface area contributed by atoms with Gasteiger partial charge in [-0.05, 0) is 25.0 Å². The van der Waals surface area contributed by atoms with E-state index in [0.717, 1.165) is 11.1 Å². The van der Waals surface area contributed by atoms with Crippen molar-refractivity contribution >= 4 is 11.0 Å². The van der Waals surface area contributed by atoms with Crippen molar-refractivity contribution in [3.63, 3.8) is 0 Å². The fourth-order valence-electron chi connectivity index (χ4n) is 1.49. The lowest BCUT2D eigenvalue weighted by Gasteiger charge is -2.01. The molecular formula is C11H10O2. The van der Waals surface area contributed by atoms with Gasteiger partial charge in [-0.25, -0.2) is 0 Å². The third-order valence-electron chi connectivity index (χ3n) is 2.21. The predicted octanol–water partition coefficient (Wildman–Crippen LogP) is 2.41. The summed E-state index contributed by atoms with van der Waals surface area (Å²) < 4.78 is 5.30. The van der Waals surface area contributed by atoms with Gasteiger partial charge < -0.3 is 4.42 Å². The predicted molar refractivity (Wildman–Crippen MR) is 52.0 cm³/mol. The van der Waals surface area contributed by atoms with Crippen molar-refractivity contribution in [2.24, 2.45) is 0 Å². The standard InChI is InChI=1S/C11H10O2/c1-7-3-4-8(2)11-10(7)9(12)5-6-13-11/h3-6H,1-2H3. The Bertz CT molecular complexity index is 509. The highest BCUT2D eigenvalue weighted by molar-refractivity contribution is 5.82. The summed E-state index contributed by atoms with van der Waals surface area (Å²) in [6.45, 7) is 3.85. The van der Waals surface area contributed by atoms with Crippen LogP contribution in [0.15, 0.2) is 33.7 Å². The molecule has 0 aliphatic rings. The second-order valence-electron chi connectivity index (χ2n) is 3.19. The van der Waals surface area contributed by atoms with E-state index in [1.807, 2.05) is 26.0 Å². The van der Waals surface area contributed by atoms with E-state index in [1.165, 1.54) is 12.3 Å². The first-order chi connectivity index (χ1) is 6.20. The van der Waals surface area contributed by atoms with Gasteiger partial charge in [0.1, 0.15) is 5.58 Å². The van der Waals surface area contributed by atoms with Gasteiger partial charge in [0.2, 0.25) is 0 Å². The average Bonchev–Trinajstić information content (AvgIpc) is 2.12. The molecule has 0 N–H and O–H groups in total. The Labute approximate surface area is 75.8 Å². The summed E-state index contributed by atoms with van der Waals surface area (Å²) >= 11 is 0. The highest BCUT2D eigenvalue weighted by Gasteiger charge is 2.04. The number of fused-ring (bicyclic) bond motifs is 1. The van der Waals surface area contributed by atoms with Gasteiger partial charge in [-0.1, -0.05) is 12.1 Å². The topological polar surface area (TPSA) is 30.2 Å². The molecule has 13 heavy (non-hydrogen) atoms. The lowest BCUT2D eigenvalue weighted by Crippen LogP contribution is -2.00. The van der Waals surface area contributed by atoms with Crippen molar-refractivity contribution < 1.29 is 4.42 Å². The van der Waals surface area contributed by atoms with Crippen LogP contribution in [-0.4, -0.2) is 0 Å². The Morgan fingerprint density at radius 3 is 2.46 bits per heavy atom. The molecule has 0 amide bonds. The third kappa shape index (κ3) is 1.15. The maximum absolute atomic E-state index is 11.5. The van der Waals surface area contributed by atoms with Gasteiger partial charge in [-0.15, -0.1) is 0 Å². The number of rotatable bonds is 0. The lowest BCUT2D eigenvalue weighted by atomic mass is 10.1. The molecule has 1 aromatic heterocycles. The SMILES string of the molecule is Cc1ccc(C)c2c(=O)ccoc12. The van der Waals surface area contributed by atoms with Gasteiger partial charge in [0, 0.05) is 6.07 Å². The molecule has 0 unspecified atom stereocenters. The quantitative estimate of drug-likeness (QED) is 0.614. The van der Waals surface area contributed by atoms with Crippen LogP contribution in [0.5, 0.6) is 0 Å². The van der Waals surface area contributed by atoms with E-state index >= 15 is 0 Å². The summed E-state index contributed by atoms with van der Waals surface area (Å²) in [7, 11) is 0. The molecule has 0 bridgehead atoms. The Kier molecular flexibility index (Phi) is 1.69. The minimum absolute atomic E-state index is 0.0300. The van der Waals surface area contributed by atoms with Crippen molar-refractivity contribution in [2.45, 2.75) is 13.8 Å². The molecule has 0 fully saturated rings. The molecule has 0 aliphatic heterocycles. The Morgan fingerprint density at radius 2 is 1.77 bits per heavy atom. The first kappa shape index (κ1) is 8.05. The van der Waals surface area contributed by atoms with Gasteiger partial charge in [-0.2, -0.15) is 0 Å². The molecule has 2 nitrogen and oxygen atoms in total. The zero-order chi connectivity index (χ0) is 9.42. The van der Waals surface area contributed by atoms with E-state index in [2.05, 4.69) is 0 Å². The average molecular weight is 174 g/mol. The van der Waals surface area contributed by atoms with Gasteiger partial charge in [0.15, 0.2) is 5.43 Å². The third-order valence-corrected chi connectivity index (χ3v) is 2.21. The normalized spacial score (nSPS) is 10.6. The van der Waals surface area contributed by atoms with E-state index in [9.17, 15) is 4.79 Å². The van der Waals surface area contributed by atoms with Gasteiger partial charge in [0.05, 0.1) is 11.6 Å². The van der Waals surface area contributed by atoms with Crippen LogP contribution < -0.4 is 5.43 Å². The van der Waals surface area contributed by atoms with Gasteiger partial charge >= 0.3 is 0 Å². The number of hydrogen-bond acceptors (Lipinski definition) is 2. The van der Waals surface area contributed by atoms with Crippen LogP contribution >= 0.6 is 0 Å². The van der Waals surface area contributed by atoms with Crippen LogP contribution in [-0.2, 0) is 0 Å². The van der Waals surface area contributed by atoms with Crippen LogP contribution in [0.25, 0.3) is 11.0 Å². The van der Waals surface area contributed by atoms with Crippen molar-refractivity contribution in [3.05, 3.63) is 45.8 Å². The summed E-state index contributed by atoms with van der Waals surface area (Å²) in [5, 5.41) is 0.697. The maximum Gasteiger partial charge on any atom is 0.192 e. The monoisotopic (exact) mass is 174 g/mol. The molecule has 0 atom stereocenters. The van der Waals surface area contributed by atoms with E-state index < -0.39 is 0 Å². The van der Waals surface area contributed by atoms with Crippen molar-refractivity contribution in [1.82, 2.24) is 0 Å². The van der Waals surface area contributed by atoms with Crippen molar-refractivity contribution in [1.29, 1.82) is 0 Å². The minimum atomic E-state index is 0.0300. The molecule has 0 spiro atoms. The first-order valence-corrected chi connectivity index (χ1v) is 4.18. The Balaban J connectivity index is 3.09. The van der Waals surface area contributed by atoms with Gasteiger partial charge in [0.25, 0.3) is 0 Å². The fourth-order valence-corrected chi connectivity index (χ4v) is 1.49. The van der Waals surface area contributed by atoms with E-state index in [-0.39, 0.29) is 5.43 Å². The summed E-state index contributed by atoms with van der Waals surface area (Å²) in [5.74, 6) is 0. The Hall–Kier alpha value is -1.57. The molecule has 2 aromatic rings. The highest BCUT2D eigenvalue weighted by Crippen LogP contribution is 2.17. The lowest BCUT2D eigenvalue weighted by molar-refractivity contribution is 0.599. The molecule has 1 aromatic carbocycles. The summed E-state index contributed by atoms with van der Waals surface area (Å²) in [5.41, 5.74) is 2.70. The Morgan fingerprint density at radius 1 is 1.08 bits per heavy atom. The molecular weight excluding hydrogens is 164 g/mol. The molecule has 0 aliphatic carbocycles. The number of benzene rings is 1. The molecule has 0 saturated heterocycles. The number of aryl methyl sites for hydroxylation is 2. The van der Waals surface area contributed by atoms with Crippen LogP contribution in [0.4, 0.5) is 0 Å². The van der Waals surface area contributed by atoms with Crippen LogP contribution in [0.1, 0.15) is 11.1 Å². The molecule has 2 heteroatoms. The molecule has 2 rings (SSSR count). The molecule has 0 radical (unpaired) electrons. The van der Waals surface area contributed by atoms with Crippen molar-refractivity contribution in [2.75, 3.05) is 0 Å². The van der Waals surface area contributed by atoms with Gasteiger partial charge in [-0.3, -0.25) is 4.79 Å². The molecule has 66 valence electrons. The highest BCUT2D eigenvalue weighted by atomic mass is 16.3. The zero-order valence-corrected chi connectivity index (χ0v) is 7.63. The summed E-state index contributed by atoms with van der Waals surface area (Å²) in [6, 6.07) is 5.35. The number of hydrogen-bond donors (Lipinski definition) is 0. The van der Waals surface area contributed by atoms with E-state index in [0.29, 0.717) is 11.0 Å². The molecule has 0 saturated carbocycles. The van der Waals surface area contributed by atoms with Crippen molar-refractivity contribution in [3.8, 4) is 0 Å². The zero-order valence-electron chi connectivity index (χ0n) is 7.63. The maximum atomic E-state index is 11.5. The summed E-state index contributed by atoms with van der Waals surface area (Å²) in [6.07, 6.45) is 1.44. The van der Waals surface area contributed by atoms with Crippen LogP contribution in [0, 0.1) is 13.8 Å². The smallest absolute Gasteiger partial charge is 0.192 e. The van der Waals surface area contributed by atoms with E-state index in [1.54, 1.807) is 0 Å². The second kappa shape index (κ2) is 2.73. The largest absolute Gasteiger partial charge is 0.464 e. The fraction of sp³-hybridized carbons (Fsp3) is 0.182. The van der Waals surface area contributed by atoms with E-state index in [4.69, 9.17) is 4.42 Å². The summed E-state index contributed by atoms with van der Waals surface area (Å²) in [4.78, 5) is 11.5. The first-order valence-electron chi connectivity index (χ1n) is 4.18. The van der Waals surface area contributed by atoms with Crippen LogP contribution in [0.2, 0.25) is 0 Å². The minimum Gasteiger partial charge on any atom is -0.464 e. The molecule has 1 heterocycles.